The summed E-state index contributed by atoms with van der Waals surface area (Å²) >= 11 is 0. The van der Waals surface area contributed by atoms with E-state index >= 15 is 0 Å². The van der Waals surface area contributed by atoms with E-state index in [-0.39, 0.29) is 0 Å². The van der Waals surface area contributed by atoms with E-state index in [1.54, 1.807) is 0 Å². The van der Waals surface area contributed by atoms with Crippen LogP contribution in [0.25, 0.3) is 0 Å². The van der Waals surface area contributed by atoms with Crippen molar-refractivity contribution in [3.05, 3.63) is 35.9 Å². The highest BCUT2D eigenvalue weighted by molar-refractivity contribution is 5.24. The third-order valence-corrected chi connectivity index (χ3v) is 4.84. The van der Waals surface area contributed by atoms with Gasteiger partial charge in [0.05, 0.1) is 0 Å². The van der Waals surface area contributed by atoms with E-state index in [0.717, 1.165) is 19.0 Å². The first-order valence-electron chi connectivity index (χ1n) is 7.65. The van der Waals surface area contributed by atoms with Crippen LogP contribution in [-0.2, 0) is 6.54 Å². The molecular formula is C15H20N6. The molecule has 2 aromatic rings. The van der Waals surface area contributed by atoms with Gasteiger partial charge in [0.15, 0.2) is 0 Å². The van der Waals surface area contributed by atoms with Gasteiger partial charge in [0.2, 0.25) is 0 Å². The number of aromatic nitrogens is 4. The third kappa shape index (κ3) is 2.63. The molecule has 2 heterocycles. The van der Waals surface area contributed by atoms with Crippen LogP contribution in [-0.4, -0.2) is 44.7 Å². The Morgan fingerprint density at radius 3 is 2.90 bits per heavy atom. The lowest BCUT2D eigenvalue weighted by molar-refractivity contribution is 0.300. The predicted octanol–water partition coefficient (Wildman–Crippen LogP) is 1.52. The summed E-state index contributed by atoms with van der Waals surface area (Å²) < 4.78 is 0. The van der Waals surface area contributed by atoms with Gasteiger partial charge in [-0.05, 0) is 35.5 Å². The van der Waals surface area contributed by atoms with Gasteiger partial charge in [-0.25, -0.2) is 0 Å². The molecular weight excluding hydrogens is 264 g/mol. The highest BCUT2D eigenvalue weighted by Crippen LogP contribution is 2.39. The van der Waals surface area contributed by atoms with Crippen LogP contribution in [0.5, 0.6) is 0 Å². The number of benzene rings is 1. The summed E-state index contributed by atoms with van der Waals surface area (Å²) in [5, 5.41) is 17.6. The maximum atomic E-state index is 4.01. The number of fused-ring (bicyclic) bond motifs is 1. The van der Waals surface area contributed by atoms with Crippen LogP contribution in [0.3, 0.4) is 0 Å². The van der Waals surface area contributed by atoms with Crippen LogP contribution >= 0.6 is 0 Å². The summed E-state index contributed by atoms with van der Waals surface area (Å²) in [5.41, 5.74) is 1.40. The minimum Gasteiger partial charge on any atom is -0.349 e. The van der Waals surface area contributed by atoms with Gasteiger partial charge < -0.3 is 5.32 Å². The molecule has 2 aliphatic rings. The molecule has 3 atom stereocenters. The first-order chi connectivity index (χ1) is 10.4. The fourth-order valence-electron chi connectivity index (χ4n) is 3.90. The molecule has 1 aromatic carbocycles. The normalized spacial score (nSPS) is 28.7. The molecule has 1 saturated carbocycles. The van der Waals surface area contributed by atoms with Gasteiger partial charge in [-0.3, -0.25) is 4.90 Å². The molecule has 0 bridgehead atoms. The zero-order chi connectivity index (χ0) is 14.1. The number of aromatic amines is 1. The van der Waals surface area contributed by atoms with Crippen molar-refractivity contribution < 1.29 is 0 Å². The van der Waals surface area contributed by atoms with E-state index in [0.29, 0.717) is 17.9 Å². The molecule has 3 unspecified atom stereocenters. The number of nitrogens with one attached hydrogen (secondary N) is 2. The van der Waals surface area contributed by atoms with E-state index < -0.39 is 0 Å². The minimum atomic E-state index is 0.480. The van der Waals surface area contributed by atoms with Crippen LogP contribution in [0, 0.1) is 11.8 Å². The van der Waals surface area contributed by atoms with E-state index in [2.05, 4.69) is 61.2 Å². The minimum absolute atomic E-state index is 0.480. The summed E-state index contributed by atoms with van der Waals surface area (Å²) in [4.78, 5) is 2.58. The lowest BCUT2D eigenvalue weighted by Gasteiger charge is -2.21. The van der Waals surface area contributed by atoms with Gasteiger partial charge in [0, 0.05) is 25.7 Å². The molecule has 6 nitrogen and oxygen atoms in total. The van der Waals surface area contributed by atoms with Crippen molar-refractivity contribution in [1.29, 1.82) is 0 Å². The summed E-state index contributed by atoms with van der Waals surface area (Å²) in [7, 11) is 0. The number of rotatable bonds is 4. The molecule has 0 spiro atoms. The number of hydrogen-bond acceptors (Lipinski definition) is 5. The van der Waals surface area contributed by atoms with Gasteiger partial charge >= 0.3 is 0 Å². The molecule has 21 heavy (non-hydrogen) atoms. The molecule has 2 fully saturated rings. The highest BCUT2D eigenvalue weighted by atomic mass is 15.5. The molecule has 4 rings (SSSR count). The number of tetrazole rings is 1. The Kier molecular flexibility index (Phi) is 3.31. The fraction of sp³-hybridized carbons (Fsp3) is 0.533. The lowest BCUT2D eigenvalue weighted by atomic mass is 9.98. The van der Waals surface area contributed by atoms with Crippen LogP contribution in [0.15, 0.2) is 30.3 Å². The van der Waals surface area contributed by atoms with Gasteiger partial charge in [-0.15, -0.1) is 5.10 Å². The molecule has 0 radical (unpaired) electrons. The SMILES string of the molecule is c1ccc(CN2CC3CCC(Nc4nn[nH]n4)C3C2)cc1. The van der Waals surface area contributed by atoms with Crippen molar-refractivity contribution in [3.8, 4) is 0 Å². The summed E-state index contributed by atoms with van der Waals surface area (Å²) in [6.07, 6.45) is 2.51. The molecule has 110 valence electrons. The Morgan fingerprint density at radius 1 is 1.19 bits per heavy atom. The molecule has 2 N–H and O–H groups in total. The maximum Gasteiger partial charge on any atom is 0.263 e. The van der Waals surface area contributed by atoms with E-state index in [4.69, 9.17) is 0 Å². The fourth-order valence-corrected chi connectivity index (χ4v) is 3.90. The topological polar surface area (TPSA) is 69.7 Å². The lowest BCUT2D eigenvalue weighted by Crippen LogP contribution is -2.30. The smallest absolute Gasteiger partial charge is 0.263 e. The molecule has 1 aromatic heterocycles. The highest BCUT2D eigenvalue weighted by Gasteiger charge is 2.42. The zero-order valence-electron chi connectivity index (χ0n) is 11.9. The average molecular weight is 284 g/mol. The van der Waals surface area contributed by atoms with Crippen LogP contribution < -0.4 is 5.32 Å². The van der Waals surface area contributed by atoms with Crippen molar-refractivity contribution in [2.24, 2.45) is 11.8 Å². The quantitative estimate of drug-likeness (QED) is 0.891. The van der Waals surface area contributed by atoms with E-state index in [1.807, 2.05) is 0 Å². The molecule has 6 heteroatoms. The van der Waals surface area contributed by atoms with Crippen LogP contribution in [0.2, 0.25) is 0 Å². The third-order valence-electron chi connectivity index (χ3n) is 4.84. The second kappa shape index (κ2) is 5.44. The number of hydrogen-bond donors (Lipinski definition) is 2. The molecule has 1 saturated heterocycles. The second-order valence-corrected chi connectivity index (χ2v) is 6.17. The number of anilines is 1. The Hall–Kier alpha value is -1.95. The van der Waals surface area contributed by atoms with E-state index in [1.165, 1.54) is 24.9 Å². The maximum absolute atomic E-state index is 4.01. The molecule has 1 aliphatic heterocycles. The summed E-state index contributed by atoms with van der Waals surface area (Å²) in [6.45, 7) is 3.43. The Bertz CT molecular complexity index is 569. The van der Waals surface area contributed by atoms with E-state index in [9.17, 15) is 0 Å². The monoisotopic (exact) mass is 284 g/mol. The van der Waals surface area contributed by atoms with Gasteiger partial charge in [0.1, 0.15) is 0 Å². The average Bonchev–Trinajstić information content (AvgIpc) is 3.20. The Labute approximate surface area is 123 Å². The Morgan fingerprint density at radius 2 is 2.10 bits per heavy atom. The van der Waals surface area contributed by atoms with Crippen molar-refractivity contribution in [3.63, 3.8) is 0 Å². The zero-order valence-corrected chi connectivity index (χ0v) is 11.9. The van der Waals surface area contributed by atoms with Crippen molar-refractivity contribution in [2.75, 3.05) is 18.4 Å². The van der Waals surface area contributed by atoms with Crippen LogP contribution in [0.1, 0.15) is 18.4 Å². The second-order valence-electron chi connectivity index (χ2n) is 6.17. The van der Waals surface area contributed by atoms with Crippen LogP contribution in [0.4, 0.5) is 5.95 Å². The predicted molar refractivity (Wildman–Crippen MR) is 79.5 cm³/mol. The first-order valence-corrected chi connectivity index (χ1v) is 7.65. The van der Waals surface area contributed by atoms with Crippen molar-refractivity contribution in [1.82, 2.24) is 25.5 Å². The first kappa shape index (κ1) is 12.8. The largest absolute Gasteiger partial charge is 0.349 e. The number of H-pyrrole nitrogens is 1. The molecule has 0 amide bonds. The van der Waals surface area contributed by atoms with Gasteiger partial charge in [-0.2, -0.15) is 5.21 Å². The molecule has 1 aliphatic carbocycles. The standard InChI is InChI=1S/C15H20N6/c1-2-4-11(5-3-1)8-21-9-12-6-7-14(13(12)10-21)16-15-17-19-20-18-15/h1-5,12-14H,6-10H2,(H2,16,17,18,19,20). The summed E-state index contributed by atoms with van der Waals surface area (Å²) in [6, 6.07) is 11.2. The van der Waals surface area contributed by atoms with Crippen molar-refractivity contribution in [2.45, 2.75) is 25.4 Å². The Balaban J connectivity index is 1.39. The van der Waals surface area contributed by atoms with Crippen molar-refractivity contribution >= 4 is 5.95 Å². The van der Waals surface area contributed by atoms with Gasteiger partial charge in [0.25, 0.3) is 5.95 Å². The number of nitrogens with zero attached hydrogens (tertiary/aromatic N) is 4. The number of likely N-dealkylation sites (tertiary alicyclic amines) is 1. The van der Waals surface area contributed by atoms with Gasteiger partial charge in [-0.1, -0.05) is 35.4 Å². The summed E-state index contributed by atoms with van der Waals surface area (Å²) in [5.74, 6) is 2.13.